The van der Waals surface area contributed by atoms with Crippen LogP contribution >= 0.6 is 0 Å². The maximum absolute atomic E-state index is 12.9. The first-order valence-electron chi connectivity index (χ1n) is 6.89. The lowest BCUT2D eigenvalue weighted by atomic mass is 9.65. The van der Waals surface area contributed by atoms with E-state index in [4.69, 9.17) is 4.74 Å². The first kappa shape index (κ1) is 13.1. The molecule has 0 saturated carbocycles. The van der Waals surface area contributed by atoms with Crippen LogP contribution in [0.15, 0.2) is 35.4 Å². The van der Waals surface area contributed by atoms with Crippen molar-refractivity contribution in [3.8, 4) is 0 Å². The van der Waals surface area contributed by atoms with Crippen molar-refractivity contribution in [1.82, 2.24) is 0 Å². The van der Waals surface area contributed by atoms with Crippen molar-refractivity contribution in [1.29, 1.82) is 0 Å². The van der Waals surface area contributed by atoms with Crippen LogP contribution in [0.1, 0.15) is 48.5 Å². The molecule has 1 aromatic carbocycles. The molecule has 0 aromatic heterocycles. The van der Waals surface area contributed by atoms with Gasteiger partial charge in [0.15, 0.2) is 5.78 Å². The Morgan fingerprint density at radius 3 is 2.65 bits per heavy atom. The third kappa shape index (κ3) is 1.46. The predicted octanol–water partition coefficient (Wildman–Crippen LogP) is 3.26. The summed E-state index contributed by atoms with van der Waals surface area (Å²) >= 11 is 0. The Morgan fingerprint density at radius 2 is 1.95 bits per heavy atom. The van der Waals surface area contributed by atoms with E-state index in [0.717, 1.165) is 17.6 Å². The Hall–Kier alpha value is -1.90. The second kappa shape index (κ2) is 4.30. The number of hydrogen-bond donors (Lipinski definition) is 0. The van der Waals surface area contributed by atoms with Crippen LogP contribution < -0.4 is 0 Å². The second-order valence-corrected chi connectivity index (χ2v) is 5.87. The summed E-state index contributed by atoms with van der Waals surface area (Å²) in [5, 5.41) is 0. The molecule has 0 fully saturated rings. The van der Waals surface area contributed by atoms with E-state index < -0.39 is 11.4 Å². The number of carbonyl (C=O) groups is 2. The number of rotatable bonds is 1. The van der Waals surface area contributed by atoms with Gasteiger partial charge in [0.1, 0.15) is 5.41 Å². The molecule has 0 N–H and O–H groups in total. The fraction of sp³-hybridized carbons (Fsp3) is 0.412. The van der Waals surface area contributed by atoms with E-state index in [1.165, 1.54) is 12.7 Å². The highest BCUT2D eigenvalue weighted by molar-refractivity contribution is 6.17. The van der Waals surface area contributed by atoms with Crippen LogP contribution in [0.25, 0.3) is 0 Å². The van der Waals surface area contributed by atoms with E-state index in [2.05, 4.69) is 6.92 Å². The van der Waals surface area contributed by atoms with Crippen LogP contribution in [0.2, 0.25) is 0 Å². The molecule has 2 aliphatic carbocycles. The molecule has 0 unspecified atom stereocenters. The van der Waals surface area contributed by atoms with Crippen molar-refractivity contribution in [2.75, 3.05) is 7.11 Å². The monoisotopic (exact) mass is 270 g/mol. The molecule has 3 heteroatoms. The molecule has 104 valence electrons. The van der Waals surface area contributed by atoms with Gasteiger partial charge >= 0.3 is 5.97 Å². The smallest absolute Gasteiger partial charge is 0.320 e. The molecule has 0 radical (unpaired) electrons. The number of hydrogen-bond acceptors (Lipinski definition) is 3. The zero-order valence-electron chi connectivity index (χ0n) is 12.0. The Balaban J connectivity index is 2.24. The second-order valence-electron chi connectivity index (χ2n) is 5.87. The fourth-order valence-corrected chi connectivity index (χ4v) is 3.70. The number of carbonyl (C=O) groups excluding carboxylic acids is 2. The van der Waals surface area contributed by atoms with Crippen molar-refractivity contribution < 1.29 is 14.3 Å². The molecule has 20 heavy (non-hydrogen) atoms. The fourth-order valence-electron chi connectivity index (χ4n) is 3.70. The number of ether oxygens (including phenoxy) is 1. The molecule has 0 heterocycles. The molecule has 3 nitrogen and oxygen atoms in total. The summed E-state index contributed by atoms with van der Waals surface area (Å²) in [7, 11) is 1.37. The maximum Gasteiger partial charge on any atom is 0.320 e. The van der Waals surface area contributed by atoms with Gasteiger partial charge in [-0.2, -0.15) is 0 Å². The highest BCUT2D eigenvalue weighted by atomic mass is 16.5. The van der Waals surface area contributed by atoms with Crippen molar-refractivity contribution in [3.05, 3.63) is 46.5 Å². The summed E-state index contributed by atoms with van der Waals surface area (Å²) in [6.07, 6.45) is 1.23. The summed E-state index contributed by atoms with van der Waals surface area (Å²) in [6, 6.07) is 7.58. The number of allylic oxidation sites excluding steroid dienone is 2. The Bertz CT molecular complexity index is 641. The highest BCUT2D eigenvalue weighted by Crippen LogP contribution is 2.56. The van der Waals surface area contributed by atoms with E-state index in [0.29, 0.717) is 12.0 Å². The topological polar surface area (TPSA) is 43.4 Å². The molecular formula is C17H18O3. The normalized spacial score (nSPS) is 28.1. The number of fused-ring (bicyclic) bond motifs is 3. The maximum atomic E-state index is 12.9. The molecular weight excluding hydrogens is 252 g/mol. The zero-order valence-corrected chi connectivity index (χ0v) is 12.0. The van der Waals surface area contributed by atoms with E-state index in [1.54, 1.807) is 0 Å². The van der Waals surface area contributed by atoms with E-state index in [1.807, 2.05) is 31.2 Å². The van der Waals surface area contributed by atoms with Crippen LogP contribution in [0, 0.1) is 5.41 Å². The number of Topliss-reactive ketones (excluding diaryl/α,β-unsaturated/α-hetero) is 1. The number of methoxy groups -OCH3 is 1. The van der Waals surface area contributed by atoms with Crippen molar-refractivity contribution in [3.63, 3.8) is 0 Å². The number of benzene rings is 1. The minimum Gasteiger partial charge on any atom is -0.468 e. The molecule has 3 rings (SSSR count). The van der Waals surface area contributed by atoms with Crippen LogP contribution in [-0.4, -0.2) is 18.9 Å². The average Bonchev–Trinajstić information content (AvgIpc) is 2.70. The quantitative estimate of drug-likeness (QED) is 0.447. The average molecular weight is 270 g/mol. The van der Waals surface area contributed by atoms with Gasteiger partial charge in [0.05, 0.1) is 7.11 Å². The van der Waals surface area contributed by atoms with Crippen LogP contribution in [0.4, 0.5) is 0 Å². The number of ketones is 1. The van der Waals surface area contributed by atoms with Gasteiger partial charge < -0.3 is 4.74 Å². The van der Waals surface area contributed by atoms with E-state index in [-0.39, 0.29) is 11.7 Å². The summed E-state index contributed by atoms with van der Waals surface area (Å²) < 4.78 is 5.00. The van der Waals surface area contributed by atoms with Gasteiger partial charge in [-0.3, -0.25) is 9.59 Å². The first-order valence-corrected chi connectivity index (χ1v) is 6.89. The van der Waals surface area contributed by atoms with Gasteiger partial charge in [0.25, 0.3) is 0 Å². The standard InChI is InChI=1S/C17H18O3/c1-10-8-14-12-6-4-5-7-13(12)15(18)17(14,9-11(10)2)16(19)20-3/h4-7,14H,8-9H2,1-3H3/t14-,17+/m0/s1. The van der Waals surface area contributed by atoms with Crippen LogP contribution in [-0.2, 0) is 9.53 Å². The summed E-state index contributed by atoms with van der Waals surface area (Å²) in [4.78, 5) is 25.3. The molecule has 0 spiro atoms. The molecule has 0 amide bonds. The Labute approximate surface area is 118 Å². The summed E-state index contributed by atoms with van der Waals surface area (Å²) in [5.41, 5.74) is 3.05. The van der Waals surface area contributed by atoms with Gasteiger partial charge in [-0.1, -0.05) is 35.4 Å². The summed E-state index contributed by atoms with van der Waals surface area (Å²) in [6.45, 7) is 4.09. The van der Waals surface area contributed by atoms with Gasteiger partial charge in [-0.05, 0) is 32.3 Å². The minimum atomic E-state index is -1.04. The lowest BCUT2D eigenvalue weighted by Crippen LogP contribution is -2.43. The lowest BCUT2D eigenvalue weighted by molar-refractivity contribution is -0.150. The van der Waals surface area contributed by atoms with E-state index >= 15 is 0 Å². The minimum absolute atomic E-state index is 0.0724. The highest BCUT2D eigenvalue weighted by Gasteiger charge is 2.60. The SMILES string of the molecule is COC(=O)[C@]12CC(C)=C(C)C[C@H]1c1ccccc1C2=O. The molecule has 0 bridgehead atoms. The van der Waals surface area contributed by atoms with Gasteiger partial charge in [-0.15, -0.1) is 0 Å². The van der Waals surface area contributed by atoms with Crippen molar-refractivity contribution >= 4 is 11.8 Å². The molecule has 0 aliphatic heterocycles. The van der Waals surface area contributed by atoms with Gasteiger partial charge in [0.2, 0.25) is 0 Å². The van der Waals surface area contributed by atoms with Crippen molar-refractivity contribution in [2.24, 2.45) is 5.41 Å². The first-order chi connectivity index (χ1) is 9.52. The van der Waals surface area contributed by atoms with Crippen LogP contribution in [0.3, 0.4) is 0 Å². The van der Waals surface area contributed by atoms with Gasteiger partial charge in [0, 0.05) is 11.5 Å². The van der Waals surface area contributed by atoms with Crippen molar-refractivity contribution in [2.45, 2.75) is 32.6 Å². The van der Waals surface area contributed by atoms with E-state index in [9.17, 15) is 9.59 Å². The number of esters is 1. The van der Waals surface area contributed by atoms with Crippen LogP contribution in [0.5, 0.6) is 0 Å². The third-order valence-electron chi connectivity index (χ3n) is 4.91. The molecule has 1 aromatic rings. The molecule has 0 saturated heterocycles. The zero-order chi connectivity index (χ0) is 14.5. The third-order valence-corrected chi connectivity index (χ3v) is 4.91. The Kier molecular flexibility index (Phi) is 2.82. The Morgan fingerprint density at radius 1 is 1.25 bits per heavy atom. The molecule has 2 aliphatic rings. The molecule has 2 atom stereocenters. The van der Waals surface area contributed by atoms with Gasteiger partial charge in [-0.25, -0.2) is 0 Å². The largest absolute Gasteiger partial charge is 0.468 e. The lowest BCUT2D eigenvalue weighted by Gasteiger charge is -2.36. The summed E-state index contributed by atoms with van der Waals surface area (Å²) in [5.74, 6) is -0.547. The predicted molar refractivity (Wildman–Crippen MR) is 75.6 cm³/mol.